The highest BCUT2D eigenvalue weighted by atomic mass is 16.9. The second kappa shape index (κ2) is 14.0. The molecule has 0 saturated carbocycles. The largest absolute Gasteiger partial charge is 0.455 e. The Bertz CT molecular complexity index is 260. The normalized spacial score (nSPS) is 11.6. The molecule has 0 fully saturated rings. The van der Waals surface area contributed by atoms with Crippen LogP contribution in [-0.2, 0) is 9.53 Å². The first-order valence-electron chi connectivity index (χ1n) is 8.84. The van der Waals surface area contributed by atoms with E-state index >= 15 is 0 Å². The quantitative estimate of drug-likeness (QED) is 0.244. The van der Waals surface area contributed by atoms with Crippen LogP contribution >= 0.6 is 0 Å². The van der Waals surface area contributed by atoms with Gasteiger partial charge in [0.05, 0.1) is 0 Å². The molecule has 0 aliphatic heterocycles. The molecule has 0 unspecified atom stereocenters. The van der Waals surface area contributed by atoms with Crippen molar-refractivity contribution in [2.75, 3.05) is 0 Å². The van der Waals surface area contributed by atoms with Crippen LogP contribution in [0.2, 0.25) is 0 Å². The second-order valence-corrected chi connectivity index (χ2v) is 6.04. The van der Waals surface area contributed by atoms with Crippen molar-refractivity contribution in [2.45, 2.75) is 103 Å². The molecule has 0 heterocycles. The number of unbranched alkanes of at least 4 members (excludes halogenated alkanes) is 12. The highest BCUT2D eigenvalue weighted by Crippen LogP contribution is 2.13. The lowest BCUT2D eigenvalue weighted by atomic mass is 10.0. The van der Waals surface area contributed by atoms with Crippen molar-refractivity contribution in [1.29, 1.82) is 0 Å². The summed E-state index contributed by atoms with van der Waals surface area (Å²) in [5, 5.41) is 25.4. The molecule has 0 aromatic carbocycles. The van der Waals surface area contributed by atoms with Gasteiger partial charge in [0.25, 0.3) is 0 Å². The second-order valence-electron chi connectivity index (χ2n) is 6.04. The number of ether oxygens (including phenoxy) is 1. The average Bonchev–Trinajstić information content (AvgIpc) is 2.42. The van der Waals surface area contributed by atoms with Crippen molar-refractivity contribution >= 4 is 5.97 Å². The third-order valence-electron chi connectivity index (χ3n) is 3.74. The maximum absolute atomic E-state index is 11.1. The lowest BCUT2D eigenvalue weighted by Crippen LogP contribution is -2.33. The van der Waals surface area contributed by atoms with E-state index in [0.29, 0.717) is 6.42 Å². The third kappa shape index (κ3) is 17.4. The zero-order valence-electron chi connectivity index (χ0n) is 14.1. The van der Waals surface area contributed by atoms with Gasteiger partial charge in [0.15, 0.2) is 0 Å². The number of carbonyl (C=O) groups is 1. The van der Waals surface area contributed by atoms with Gasteiger partial charge in [0.2, 0.25) is 0 Å². The molecule has 0 radical (unpaired) electrons. The maximum atomic E-state index is 11.1. The van der Waals surface area contributed by atoms with E-state index in [-0.39, 0.29) is 6.42 Å². The number of aliphatic hydroxyl groups is 3. The Morgan fingerprint density at radius 2 is 1.09 bits per heavy atom. The van der Waals surface area contributed by atoms with Crippen LogP contribution in [0.4, 0.5) is 0 Å². The first kappa shape index (κ1) is 21.4. The molecule has 0 aliphatic rings. The van der Waals surface area contributed by atoms with Crippen molar-refractivity contribution < 1.29 is 24.9 Å². The molecular weight excluding hydrogens is 284 g/mol. The standard InChI is InChI=1S/C17H34O5/c1-2-3-4-5-6-7-8-9-10-11-12-13-14-15-16(18)22-17(19,20)21/h19-21H,2-15H2,1H3. The minimum Gasteiger partial charge on any atom is -0.384 e. The Balaban J connectivity index is 3.16. The van der Waals surface area contributed by atoms with E-state index in [9.17, 15) is 4.79 Å². The highest BCUT2D eigenvalue weighted by molar-refractivity contribution is 5.69. The molecule has 0 spiro atoms. The summed E-state index contributed by atoms with van der Waals surface area (Å²) in [7, 11) is 0. The van der Waals surface area contributed by atoms with Crippen LogP contribution in [0.25, 0.3) is 0 Å². The number of hydrogen-bond donors (Lipinski definition) is 3. The summed E-state index contributed by atoms with van der Waals surface area (Å²) >= 11 is 0. The Morgan fingerprint density at radius 1 is 0.727 bits per heavy atom. The van der Waals surface area contributed by atoms with Crippen molar-refractivity contribution in [1.82, 2.24) is 0 Å². The Kier molecular flexibility index (Phi) is 13.6. The van der Waals surface area contributed by atoms with E-state index in [4.69, 9.17) is 15.3 Å². The minimum absolute atomic E-state index is 0.0984. The Labute approximate surface area is 134 Å². The highest BCUT2D eigenvalue weighted by Gasteiger charge is 2.23. The average molecular weight is 318 g/mol. The molecule has 0 aliphatic carbocycles. The molecule has 0 bridgehead atoms. The lowest BCUT2D eigenvalue weighted by Gasteiger charge is -2.13. The zero-order chi connectivity index (χ0) is 16.7. The van der Waals surface area contributed by atoms with Gasteiger partial charge in [-0.15, -0.1) is 0 Å². The van der Waals surface area contributed by atoms with Gasteiger partial charge in [-0.3, -0.25) is 4.79 Å². The molecule has 132 valence electrons. The van der Waals surface area contributed by atoms with Crippen molar-refractivity contribution in [3.8, 4) is 0 Å². The van der Waals surface area contributed by atoms with Crippen LogP contribution in [0.5, 0.6) is 0 Å². The Morgan fingerprint density at radius 3 is 1.45 bits per heavy atom. The third-order valence-corrected chi connectivity index (χ3v) is 3.74. The van der Waals surface area contributed by atoms with E-state index in [1.165, 1.54) is 64.2 Å². The molecular formula is C17H34O5. The van der Waals surface area contributed by atoms with Crippen molar-refractivity contribution in [3.63, 3.8) is 0 Å². The van der Waals surface area contributed by atoms with Crippen LogP contribution in [0.15, 0.2) is 0 Å². The van der Waals surface area contributed by atoms with Gasteiger partial charge in [0.1, 0.15) is 0 Å². The summed E-state index contributed by atoms with van der Waals surface area (Å²) in [4.78, 5) is 11.1. The molecule has 3 N–H and O–H groups in total. The minimum atomic E-state index is -3.34. The van der Waals surface area contributed by atoms with E-state index in [1.807, 2.05) is 0 Å². The summed E-state index contributed by atoms with van der Waals surface area (Å²) in [5.74, 6) is -0.796. The Hall–Kier alpha value is -0.650. The van der Waals surface area contributed by atoms with Crippen LogP contribution in [0.3, 0.4) is 0 Å². The molecule has 0 saturated heterocycles. The van der Waals surface area contributed by atoms with Gasteiger partial charge in [-0.1, -0.05) is 84.0 Å². The molecule has 0 aromatic heterocycles. The van der Waals surface area contributed by atoms with E-state index in [1.54, 1.807) is 0 Å². The summed E-state index contributed by atoms with van der Waals surface area (Å²) in [6, 6.07) is 0. The summed E-state index contributed by atoms with van der Waals surface area (Å²) < 4.78 is 3.97. The predicted octanol–water partition coefficient (Wildman–Crippen LogP) is 3.60. The summed E-state index contributed by atoms with van der Waals surface area (Å²) in [5.41, 5.74) is 0. The van der Waals surface area contributed by atoms with Gasteiger partial charge < -0.3 is 20.1 Å². The molecule has 0 aromatic rings. The summed E-state index contributed by atoms with van der Waals surface area (Å²) in [6.45, 7) is 2.24. The van der Waals surface area contributed by atoms with Crippen LogP contribution in [-0.4, -0.2) is 27.4 Å². The number of esters is 1. The van der Waals surface area contributed by atoms with Crippen molar-refractivity contribution in [3.05, 3.63) is 0 Å². The van der Waals surface area contributed by atoms with Crippen LogP contribution < -0.4 is 0 Å². The zero-order valence-corrected chi connectivity index (χ0v) is 14.1. The fraction of sp³-hybridized carbons (Fsp3) is 0.941. The van der Waals surface area contributed by atoms with E-state index in [2.05, 4.69) is 11.7 Å². The first-order valence-corrected chi connectivity index (χ1v) is 8.84. The first-order chi connectivity index (χ1) is 10.5. The SMILES string of the molecule is CCCCCCCCCCCCCCCC(=O)OC(O)(O)O. The molecule has 0 atom stereocenters. The summed E-state index contributed by atoms with van der Waals surface area (Å²) in [6.07, 6.45) is 12.6. The van der Waals surface area contributed by atoms with Gasteiger partial charge in [-0.25, -0.2) is 0 Å². The molecule has 5 heteroatoms. The molecule has 0 rings (SSSR count). The van der Waals surface area contributed by atoms with Gasteiger partial charge in [-0.2, -0.15) is 0 Å². The fourth-order valence-corrected chi connectivity index (χ4v) is 2.49. The lowest BCUT2D eigenvalue weighted by molar-refractivity contribution is -0.435. The van der Waals surface area contributed by atoms with E-state index in [0.717, 1.165) is 12.8 Å². The van der Waals surface area contributed by atoms with Gasteiger partial charge in [0, 0.05) is 6.42 Å². The van der Waals surface area contributed by atoms with Gasteiger partial charge >= 0.3 is 12.1 Å². The van der Waals surface area contributed by atoms with Gasteiger partial charge in [-0.05, 0) is 6.42 Å². The molecule has 22 heavy (non-hydrogen) atoms. The van der Waals surface area contributed by atoms with Crippen LogP contribution in [0.1, 0.15) is 96.8 Å². The van der Waals surface area contributed by atoms with Crippen LogP contribution in [0, 0.1) is 0 Å². The molecule has 5 nitrogen and oxygen atoms in total. The number of rotatable bonds is 15. The maximum Gasteiger partial charge on any atom is 0.455 e. The topological polar surface area (TPSA) is 87.0 Å². The van der Waals surface area contributed by atoms with E-state index < -0.39 is 12.1 Å². The molecule has 0 amide bonds. The number of carbonyl (C=O) groups excluding carboxylic acids is 1. The predicted molar refractivity (Wildman–Crippen MR) is 85.8 cm³/mol. The smallest absolute Gasteiger partial charge is 0.384 e. The monoisotopic (exact) mass is 318 g/mol. The number of hydrogen-bond acceptors (Lipinski definition) is 5. The van der Waals surface area contributed by atoms with Crippen molar-refractivity contribution in [2.24, 2.45) is 0 Å². The fourth-order valence-electron chi connectivity index (χ4n) is 2.49.